The fraction of sp³-hybridized carbons (Fsp3) is 0.474. The van der Waals surface area contributed by atoms with E-state index in [-0.39, 0.29) is 23.9 Å². The van der Waals surface area contributed by atoms with Gasteiger partial charge in [0.15, 0.2) is 0 Å². The van der Waals surface area contributed by atoms with E-state index in [1.54, 1.807) is 18.2 Å². The SMILES string of the molecule is CCC(C)(N)CNCc1cccc2c1C(=O)N(C1CCC(=O)NC1=O)C2=O. The van der Waals surface area contributed by atoms with Crippen LogP contribution in [0, 0.1) is 0 Å². The summed E-state index contributed by atoms with van der Waals surface area (Å²) in [5.74, 6) is -1.99. The number of amides is 4. The van der Waals surface area contributed by atoms with Crippen molar-refractivity contribution in [2.24, 2.45) is 5.73 Å². The van der Waals surface area contributed by atoms with Crippen LogP contribution in [0.25, 0.3) is 0 Å². The van der Waals surface area contributed by atoms with Gasteiger partial charge in [-0.2, -0.15) is 0 Å². The maximum atomic E-state index is 13.0. The second-order valence-corrected chi connectivity index (χ2v) is 7.40. The summed E-state index contributed by atoms with van der Waals surface area (Å²) in [6, 6.07) is 4.13. The molecule has 2 heterocycles. The van der Waals surface area contributed by atoms with Gasteiger partial charge in [0.1, 0.15) is 6.04 Å². The summed E-state index contributed by atoms with van der Waals surface area (Å²) < 4.78 is 0. The van der Waals surface area contributed by atoms with Gasteiger partial charge in [-0.25, -0.2) is 0 Å². The summed E-state index contributed by atoms with van der Waals surface area (Å²) in [7, 11) is 0. The van der Waals surface area contributed by atoms with Gasteiger partial charge in [0.2, 0.25) is 11.8 Å². The molecule has 8 nitrogen and oxygen atoms in total. The number of benzene rings is 1. The van der Waals surface area contributed by atoms with Crippen LogP contribution in [0.5, 0.6) is 0 Å². The number of hydrogen-bond donors (Lipinski definition) is 3. The van der Waals surface area contributed by atoms with Crippen LogP contribution < -0.4 is 16.4 Å². The van der Waals surface area contributed by atoms with Crippen LogP contribution in [0.4, 0.5) is 0 Å². The highest BCUT2D eigenvalue weighted by atomic mass is 16.2. The van der Waals surface area contributed by atoms with Crippen LogP contribution in [0.1, 0.15) is 59.4 Å². The summed E-state index contributed by atoms with van der Waals surface area (Å²) in [5.41, 5.74) is 7.05. The number of nitrogens with one attached hydrogen (secondary N) is 2. The lowest BCUT2D eigenvalue weighted by Gasteiger charge is -2.27. The van der Waals surface area contributed by atoms with E-state index >= 15 is 0 Å². The number of imide groups is 2. The van der Waals surface area contributed by atoms with E-state index < -0.39 is 29.7 Å². The number of rotatable bonds is 6. The van der Waals surface area contributed by atoms with Crippen molar-refractivity contribution in [1.29, 1.82) is 0 Å². The van der Waals surface area contributed by atoms with E-state index in [2.05, 4.69) is 10.6 Å². The zero-order valence-electron chi connectivity index (χ0n) is 15.5. The smallest absolute Gasteiger partial charge is 0.262 e. The molecule has 3 rings (SSSR count). The molecule has 2 aliphatic heterocycles. The minimum Gasteiger partial charge on any atom is -0.324 e. The number of hydrogen-bond acceptors (Lipinski definition) is 6. The molecule has 0 aromatic heterocycles. The molecule has 27 heavy (non-hydrogen) atoms. The van der Waals surface area contributed by atoms with E-state index in [9.17, 15) is 19.2 Å². The summed E-state index contributed by atoms with van der Waals surface area (Å²) in [4.78, 5) is 50.2. The molecule has 0 bridgehead atoms. The molecule has 8 heteroatoms. The Balaban J connectivity index is 1.82. The maximum Gasteiger partial charge on any atom is 0.262 e. The number of nitrogens with two attached hydrogens (primary N) is 1. The number of carbonyl (C=O) groups is 4. The van der Waals surface area contributed by atoms with Crippen LogP contribution >= 0.6 is 0 Å². The van der Waals surface area contributed by atoms with Gasteiger partial charge < -0.3 is 11.1 Å². The third-order valence-electron chi connectivity index (χ3n) is 5.21. The molecule has 2 aliphatic rings. The topological polar surface area (TPSA) is 122 Å². The lowest BCUT2D eigenvalue weighted by molar-refractivity contribution is -0.136. The van der Waals surface area contributed by atoms with Crippen molar-refractivity contribution in [3.63, 3.8) is 0 Å². The molecule has 0 radical (unpaired) electrons. The van der Waals surface area contributed by atoms with E-state index in [4.69, 9.17) is 5.73 Å². The van der Waals surface area contributed by atoms with E-state index in [0.29, 0.717) is 24.2 Å². The van der Waals surface area contributed by atoms with Crippen molar-refractivity contribution in [2.75, 3.05) is 6.54 Å². The Morgan fingerprint density at radius 3 is 2.67 bits per heavy atom. The zero-order chi connectivity index (χ0) is 19.8. The third-order valence-corrected chi connectivity index (χ3v) is 5.21. The maximum absolute atomic E-state index is 13.0. The van der Waals surface area contributed by atoms with Crippen LogP contribution in [-0.2, 0) is 16.1 Å². The molecule has 0 spiro atoms. The van der Waals surface area contributed by atoms with Gasteiger partial charge in [-0.3, -0.25) is 29.4 Å². The Hall–Kier alpha value is -2.58. The highest BCUT2D eigenvalue weighted by Gasteiger charge is 2.45. The number of carbonyl (C=O) groups excluding carboxylic acids is 4. The first-order valence-corrected chi connectivity index (χ1v) is 9.08. The van der Waals surface area contributed by atoms with E-state index in [1.807, 2.05) is 13.8 Å². The van der Waals surface area contributed by atoms with Crippen molar-refractivity contribution in [1.82, 2.24) is 15.5 Å². The lowest BCUT2D eigenvalue weighted by Crippen LogP contribution is -2.54. The molecule has 4 N–H and O–H groups in total. The largest absolute Gasteiger partial charge is 0.324 e. The average molecular weight is 372 g/mol. The Morgan fingerprint density at radius 1 is 1.26 bits per heavy atom. The Bertz CT molecular complexity index is 818. The molecule has 0 saturated carbocycles. The van der Waals surface area contributed by atoms with Crippen LogP contribution in [0.3, 0.4) is 0 Å². The molecule has 0 aliphatic carbocycles. The van der Waals surface area contributed by atoms with Gasteiger partial charge in [-0.05, 0) is 31.4 Å². The third kappa shape index (κ3) is 3.63. The molecule has 1 aromatic rings. The van der Waals surface area contributed by atoms with Crippen LogP contribution in [0.15, 0.2) is 18.2 Å². The van der Waals surface area contributed by atoms with Crippen molar-refractivity contribution in [3.8, 4) is 0 Å². The van der Waals surface area contributed by atoms with Crippen molar-refractivity contribution >= 4 is 23.6 Å². The van der Waals surface area contributed by atoms with Crippen molar-refractivity contribution in [2.45, 2.75) is 51.2 Å². The highest BCUT2D eigenvalue weighted by molar-refractivity contribution is 6.24. The molecule has 2 atom stereocenters. The van der Waals surface area contributed by atoms with Gasteiger partial charge in [0.25, 0.3) is 11.8 Å². The van der Waals surface area contributed by atoms with Crippen LogP contribution in [-0.4, -0.2) is 46.7 Å². The normalized spacial score (nSPS) is 21.9. The predicted octanol–water partition coefficient (Wildman–Crippen LogP) is 0.305. The monoisotopic (exact) mass is 372 g/mol. The summed E-state index contributed by atoms with van der Waals surface area (Å²) in [6.07, 6.45) is 1.05. The molecule has 4 amide bonds. The van der Waals surface area contributed by atoms with Gasteiger partial charge in [0, 0.05) is 25.0 Å². The number of piperidine rings is 1. The van der Waals surface area contributed by atoms with Gasteiger partial charge in [0.05, 0.1) is 11.1 Å². The first-order valence-electron chi connectivity index (χ1n) is 9.08. The number of nitrogens with zero attached hydrogens (tertiary/aromatic N) is 1. The molecule has 2 unspecified atom stereocenters. The number of fused-ring (bicyclic) bond motifs is 1. The van der Waals surface area contributed by atoms with Crippen LogP contribution in [0.2, 0.25) is 0 Å². The summed E-state index contributed by atoms with van der Waals surface area (Å²) in [5, 5.41) is 5.43. The van der Waals surface area contributed by atoms with Gasteiger partial charge in [-0.15, -0.1) is 0 Å². The van der Waals surface area contributed by atoms with Crippen molar-refractivity contribution < 1.29 is 19.2 Å². The minimum atomic E-state index is -0.955. The second kappa shape index (κ2) is 7.21. The molecule has 1 saturated heterocycles. The fourth-order valence-electron chi connectivity index (χ4n) is 3.34. The lowest BCUT2D eigenvalue weighted by atomic mass is 9.99. The standard InChI is InChI=1S/C19H24N4O4/c1-3-19(2,20)10-21-9-11-5-4-6-12-15(11)18(27)23(17(12)26)13-7-8-14(24)22-16(13)25/h4-6,13,21H,3,7-10,20H2,1-2H3,(H,22,24,25). The van der Waals surface area contributed by atoms with E-state index in [0.717, 1.165) is 11.3 Å². The van der Waals surface area contributed by atoms with Crippen molar-refractivity contribution in [3.05, 3.63) is 34.9 Å². The predicted molar refractivity (Wildman–Crippen MR) is 97.7 cm³/mol. The summed E-state index contributed by atoms with van der Waals surface area (Å²) >= 11 is 0. The highest BCUT2D eigenvalue weighted by Crippen LogP contribution is 2.29. The quantitative estimate of drug-likeness (QED) is 0.618. The van der Waals surface area contributed by atoms with E-state index in [1.165, 1.54) is 0 Å². The minimum absolute atomic E-state index is 0.102. The van der Waals surface area contributed by atoms with Gasteiger partial charge in [-0.1, -0.05) is 19.1 Å². The first-order chi connectivity index (χ1) is 12.7. The Labute approximate surface area is 157 Å². The summed E-state index contributed by atoms with van der Waals surface area (Å²) in [6.45, 7) is 4.89. The molecular weight excluding hydrogens is 348 g/mol. The molecular formula is C19H24N4O4. The molecule has 1 aromatic carbocycles. The fourth-order valence-corrected chi connectivity index (χ4v) is 3.34. The first kappa shape index (κ1) is 19.2. The Morgan fingerprint density at radius 2 is 2.00 bits per heavy atom. The van der Waals surface area contributed by atoms with Gasteiger partial charge >= 0.3 is 0 Å². The molecule has 1 fully saturated rings. The molecule has 144 valence electrons. The second-order valence-electron chi connectivity index (χ2n) is 7.40. The zero-order valence-corrected chi connectivity index (χ0v) is 15.5. The Kier molecular flexibility index (Phi) is 5.12. The average Bonchev–Trinajstić information content (AvgIpc) is 2.87.